The number of hydrogen-bond acceptors (Lipinski definition) is 4. The van der Waals surface area contributed by atoms with Crippen LogP contribution in [0.15, 0.2) is 79.9 Å². The lowest BCUT2D eigenvalue weighted by atomic mass is 10.2. The molecule has 0 unspecified atom stereocenters. The van der Waals surface area contributed by atoms with Crippen LogP contribution >= 0.6 is 15.9 Å². The van der Waals surface area contributed by atoms with Crippen molar-refractivity contribution in [3.8, 4) is 0 Å². The van der Waals surface area contributed by atoms with E-state index in [9.17, 15) is 16.8 Å². The first-order valence-electron chi connectivity index (χ1n) is 8.52. The highest BCUT2D eigenvalue weighted by atomic mass is 79.9. The van der Waals surface area contributed by atoms with E-state index in [0.29, 0.717) is 11.1 Å². The van der Waals surface area contributed by atoms with Crippen molar-refractivity contribution in [1.82, 2.24) is 4.31 Å². The topological polar surface area (TPSA) is 71.5 Å². The zero-order chi connectivity index (χ0) is 20.5. The Morgan fingerprint density at radius 2 is 1.25 bits per heavy atom. The summed E-state index contributed by atoms with van der Waals surface area (Å²) in [4.78, 5) is 1.95. The summed E-state index contributed by atoms with van der Waals surface area (Å²) in [6.45, 7) is 3.87. The van der Waals surface area contributed by atoms with Crippen LogP contribution in [-0.2, 0) is 19.9 Å². The van der Waals surface area contributed by atoms with Crippen molar-refractivity contribution >= 4 is 35.8 Å². The minimum absolute atomic E-state index is 0.00126. The van der Waals surface area contributed by atoms with Gasteiger partial charge >= 0.3 is 0 Å². The Kier molecular flexibility index (Phi) is 5.95. The molecule has 148 valence electrons. The summed E-state index contributed by atoms with van der Waals surface area (Å²) < 4.78 is 52.6. The fourth-order valence-electron chi connectivity index (χ4n) is 2.87. The van der Waals surface area contributed by atoms with Gasteiger partial charge in [-0.05, 0) is 54.2 Å². The lowest BCUT2D eigenvalue weighted by molar-refractivity contribution is 0.489. The summed E-state index contributed by atoms with van der Waals surface area (Å²) in [5.74, 6) is 0. The number of benzene rings is 2. The van der Waals surface area contributed by atoms with Gasteiger partial charge in [0.05, 0.1) is 9.79 Å². The van der Waals surface area contributed by atoms with Crippen molar-refractivity contribution in [1.29, 1.82) is 0 Å². The van der Waals surface area contributed by atoms with E-state index in [2.05, 4.69) is 15.9 Å². The number of nitrogens with zero attached hydrogens (tertiary/aromatic N) is 1. The molecule has 2 aromatic carbocycles. The molecule has 1 aliphatic rings. The van der Waals surface area contributed by atoms with Gasteiger partial charge in [-0.2, -0.15) is 4.31 Å². The zero-order valence-electron chi connectivity index (χ0n) is 15.5. The maximum absolute atomic E-state index is 12.9. The largest absolute Gasteiger partial charge is 0.243 e. The molecule has 1 fully saturated rings. The maximum atomic E-state index is 12.9. The predicted octanol–water partition coefficient (Wildman–Crippen LogP) is 3.94. The molecule has 1 heterocycles. The summed E-state index contributed by atoms with van der Waals surface area (Å²) in [6, 6.07) is 13.2. The highest BCUT2D eigenvalue weighted by molar-refractivity contribution is 9.11. The van der Waals surface area contributed by atoms with Gasteiger partial charge in [0.15, 0.2) is 9.84 Å². The second-order valence-electron chi connectivity index (χ2n) is 6.72. The quantitative estimate of drug-likeness (QED) is 0.662. The Labute approximate surface area is 174 Å². The third-order valence-electron chi connectivity index (χ3n) is 4.54. The number of halogens is 1. The molecule has 8 heteroatoms. The molecule has 1 aliphatic heterocycles. The fourth-order valence-corrected chi connectivity index (χ4v) is 5.96. The van der Waals surface area contributed by atoms with Crippen LogP contribution in [0.1, 0.15) is 11.1 Å². The van der Waals surface area contributed by atoms with Crippen molar-refractivity contribution in [3.05, 3.63) is 81.2 Å². The van der Waals surface area contributed by atoms with Gasteiger partial charge in [0.2, 0.25) is 10.0 Å². The molecule has 0 spiro atoms. The van der Waals surface area contributed by atoms with Crippen molar-refractivity contribution in [2.75, 3.05) is 13.1 Å². The first-order chi connectivity index (χ1) is 13.1. The lowest BCUT2D eigenvalue weighted by Gasteiger charge is -2.15. The molecule has 2 aromatic rings. The molecule has 0 aliphatic carbocycles. The summed E-state index contributed by atoms with van der Waals surface area (Å²) in [5, 5.41) is 1.16. The molecule has 0 radical (unpaired) electrons. The summed E-state index contributed by atoms with van der Waals surface area (Å²) in [6.07, 6.45) is 0. The smallest absolute Gasteiger partial charge is 0.219 e. The number of sulfone groups is 1. The molecule has 5 nitrogen and oxygen atoms in total. The maximum Gasteiger partial charge on any atom is 0.243 e. The molecule has 1 saturated heterocycles. The van der Waals surface area contributed by atoms with Gasteiger partial charge < -0.3 is 0 Å². The molecule has 0 atom stereocenters. The summed E-state index contributed by atoms with van der Waals surface area (Å²) in [7, 11) is -7.41. The molecule has 3 rings (SSSR count). The Bertz CT molecular complexity index is 1150. The molecule has 0 bridgehead atoms. The molecular weight excluding hydrogens is 462 g/mol. The van der Waals surface area contributed by atoms with Gasteiger partial charge in [0.1, 0.15) is 0 Å². The Balaban J connectivity index is 1.95. The standard InChI is InChI=1S/C20H20BrNO4S2/c1-15-3-7-19(8-4-15)27(23,24)14-18-13-22(12-17(18)11-21)28(25,26)20-9-5-16(2)6-10-20/h3-11,14H,12-13H2,1-2H3/b17-11+,18-14+. The number of sulfonamides is 1. The Morgan fingerprint density at radius 3 is 1.75 bits per heavy atom. The van der Waals surface area contributed by atoms with Crippen LogP contribution in [0.5, 0.6) is 0 Å². The third-order valence-corrected chi connectivity index (χ3v) is 8.43. The van der Waals surface area contributed by atoms with Crippen LogP contribution in [0.3, 0.4) is 0 Å². The van der Waals surface area contributed by atoms with Gasteiger partial charge in [0, 0.05) is 18.5 Å². The van der Waals surface area contributed by atoms with Crippen LogP contribution in [0, 0.1) is 13.8 Å². The summed E-state index contributed by atoms with van der Waals surface area (Å²) in [5.41, 5.74) is 2.99. The van der Waals surface area contributed by atoms with E-state index < -0.39 is 19.9 Å². The molecule has 0 aromatic heterocycles. The van der Waals surface area contributed by atoms with E-state index in [1.54, 1.807) is 53.5 Å². The van der Waals surface area contributed by atoms with E-state index in [1.165, 1.54) is 4.31 Å². The van der Waals surface area contributed by atoms with E-state index in [4.69, 9.17) is 0 Å². The predicted molar refractivity (Wildman–Crippen MR) is 113 cm³/mol. The minimum atomic E-state index is -3.72. The first-order valence-corrected chi connectivity index (χ1v) is 12.4. The first kappa shape index (κ1) is 21.0. The van der Waals surface area contributed by atoms with E-state index in [0.717, 1.165) is 16.5 Å². The van der Waals surface area contributed by atoms with Crippen molar-refractivity contribution in [2.45, 2.75) is 23.6 Å². The van der Waals surface area contributed by atoms with Gasteiger partial charge in [0.25, 0.3) is 0 Å². The van der Waals surface area contributed by atoms with E-state index >= 15 is 0 Å². The Hall–Kier alpha value is -1.74. The summed E-state index contributed by atoms with van der Waals surface area (Å²) >= 11 is 3.23. The number of aryl methyl sites for hydroxylation is 2. The van der Waals surface area contributed by atoms with Crippen LogP contribution in [0.4, 0.5) is 0 Å². The third kappa shape index (κ3) is 4.30. The molecule has 0 amide bonds. The monoisotopic (exact) mass is 481 g/mol. The van der Waals surface area contributed by atoms with Crippen LogP contribution in [-0.4, -0.2) is 34.2 Å². The van der Waals surface area contributed by atoms with Crippen LogP contribution < -0.4 is 0 Å². The van der Waals surface area contributed by atoms with Crippen LogP contribution in [0.2, 0.25) is 0 Å². The lowest BCUT2D eigenvalue weighted by Crippen LogP contribution is -2.28. The number of hydrogen-bond donors (Lipinski definition) is 0. The highest BCUT2D eigenvalue weighted by Gasteiger charge is 2.33. The van der Waals surface area contributed by atoms with Crippen molar-refractivity contribution in [2.24, 2.45) is 0 Å². The van der Waals surface area contributed by atoms with Gasteiger partial charge in [-0.3, -0.25) is 0 Å². The second kappa shape index (κ2) is 7.94. The number of rotatable bonds is 4. The average molecular weight is 482 g/mol. The van der Waals surface area contributed by atoms with Crippen LogP contribution in [0.25, 0.3) is 0 Å². The van der Waals surface area contributed by atoms with E-state index in [1.807, 2.05) is 13.8 Å². The highest BCUT2D eigenvalue weighted by Crippen LogP contribution is 2.30. The van der Waals surface area contributed by atoms with Crippen molar-refractivity contribution < 1.29 is 16.8 Å². The fraction of sp³-hybridized carbons (Fsp3) is 0.200. The Morgan fingerprint density at radius 1 is 0.786 bits per heavy atom. The van der Waals surface area contributed by atoms with E-state index in [-0.39, 0.29) is 22.9 Å². The normalized spacial score (nSPS) is 18.8. The SMILES string of the molecule is Cc1ccc(S(=O)(=O)/C=C2\CN(S(=O)(=O)c3ccc(C)cc3)C\C2=C/Br)cc1. The molecular formula is C20H20BrNO4S2. The van der Waals surface area contributed by atoms with Crippen molar-refractivity contribution in [3.63, 3.8) is 0 Å². The molecule has 0 saturated carbocycles. The average Bonchev–Trinajstić information content (AvgIpc) is 3.05. The van der Waals surface area contributed by atoms with Gasteiger partial charge in [-0.1, -0.05) is 51.3 Å². The van der Waals surface area contributed by atoms with Gasteiger partial charge in [-0.15, -0.1) is 0 Å². The second-order valence-corrected chi connectivity index (χ2v) is 10.9. The zero-order valence-corrected chi connectivity index (χ0v) is 18.7. The molecule has 0 N–H and O–H groups in total. The molecule has 28 heavy (non-hydrogen) atoms. The van der Waals surface area contributed by atoms with Gasteiger partial charge in [-0.25, -0.2) is 16.8 Å². The minimum Gasteiger partial charge on any atom is -0.219 e.